The van der Waals surface area contributed by atoms with Gasteiger partial charge in [0.05, 0.1) is 11.0 Å². The van der Waals surface area contributed by atoms with Crippen LogP contribution in [0, 0.1) is 0 Å². The van der Waals surface area contributed by atoms with Crippen LogP contribution in [0.4, 0.5) is 0 Å². The second kappa shape index (κ2) is 15.4. The number of para-hydroxylation sites is 2. The number of hydrogen-bond donors (Lipinski definition) is 0. The summed E-state index contributed by atoms with van der Waals surface area (Å²) in [5, 5.41) is 2.30. The van der Waals surface area contributed by atoms with Gasteiger partial charge in [-0.15, -0.1) is 0 Å². The Bertz CT molecular complexity index is 3220. The summed E-state index contributed by atoms with van der Waals surface area (Å²) in [5.41, 5.74) is 10.6. The minimum absolute atomic E-state index is 0.562. The summed E-state index contributed by atoms with van der Waals surface area (Å²) in [7, 11) is 0. The van der Waals surface area contributed by atoms with Gasteiger partial charge in [-0.2, -0.15) is 0 Å². The predicted octanol–water partition coefficient (Wildman–Crippen LogP) is 12.8. The van der Waals surface area contributed by atoms with Gasteiger partial charge in [-0.1, -0.05) is 170 Å². The molecule has 286 valence electrons. The lowest BCUT2D eigenvalue weighted by Crippen LogP contribution is -2.02. The maximum atomic E-state index is 5.18. The molecule has 0 spiro atoms. The van der Waals surface area contributed by atoms with Gasteiger partial charge in [-0.25, -0.2) is 29.9 Å². The van der Waals surface area contributed by atoms with Crippen molar-refractivity contribution >= 4 is 21.8 Å². The first-order chi connectivity index (χ1) is 30.2. The molecule has 0 N–H and O–H groups in total. The minimum Gasteiger partial charge on any atom is -0.309 e. The molecule has 3 aromatic heterocycles. The average molecular weight is 782 g/mol. The maximum Gasteiger partial charge on any atom is 0.164 e. The lowest BCUT2D eigenvalue weighted by Gasteiger charge is -2.15. The third-order valence-electron chi connectivity index (χ3n) is 10.9. The summed E-state index contributed by atoms with van der Waals surface area (Å²) < 4.78 is 2.33. The Balaban J connectivity index is 1.17. The van der Waals surface area contributed by atoms with Crippen LogP contribution in [0.15, 0.2) is 212 Å². The molecular formula is C54H35N7. The zero-order valence-electron chi connectivity index (χ0n) is 32.8. The Morgan fingerprint density at radius 2 is 0.639 bits per heavy atom. The molecular weight excluding hydrogens is 747 g/mol. The highest BCUT2D eigenvalue weighted by Crippen LogP contribution is 2.40. The summed E-state index contributed by atoms with van der Waals surface area (Å²) >= 11 is 0. The van der Waals surface area contributed by atoms with E-state index in [1.807, 2.05) is 121 Å². The zero-order chi connectivity index (χ0) is 40.5. The Morgan fingerprint density at radius 1 is 0.246 bits per heavy atom. The summed E-state index contributed by atoms with van der Waals surface area (Å²) in [5.74, 6) is 3.52. The Hall–Kier alpha value is -8.42. The molecule has 0 amide bonds. The van der Waals surface area contributed by atoms with Gasteiger partial charge in [0, 0.05) is 49.8 Å². The van der Waals surface area contributed by atoms with Gasteiger partial charge in [0.25, 0.3) is 0 Å². The van der Waals surface area contributed by atoms with Crippen LogP contribution in [0.2, 0.25) is 0 Å². The molecule has 0 bridgehead atoms. The van der Waals surface area contributed by atoms with E-state index in [-0.39, 0.29) is 0 Å². The number of nitrogens with zero attached hydrogens (tertiary/aromatic N) is 7. The molecule has 61 heavy (non-hydrogen) atoms. The first-order valence-corrected chi connectivity index (χ1v) is 20.2. The lowest BCUT2D eigenvalue weighted by atomic mass is 9.95. The standard InChI is InChI=1S/C54H35N7/c1-6-18-36(19-7-1)49-55-50(37-20-8-2-9-21-37)58-53(57-49)41-30-32-44(54-59-51(38-22-10-3-11-23-38)56-52(60-54)39-24-12-4-13-25-39)45(35-41)40-31-33-48-46(34-40)43-28-16-17-29-47(43)61(48)42-26-14-5-15-27-42/h1-35H. The fourth-order valence-electron chi connectivity index (χ4n) is 7.98. The van der Waals surface area contributed by atoms with Crippen LogP contribution in [0.5, 0.6) is 0 Å². The highest BCUT2D eigenvalue weighted by atomic mass is 15.0. The third kappa shape index (κ3) is 6.80. The molecule has 7 nitrogen and oxygen atoms in total. The molecule has 11 rings (SSSR count). The molecule has 0 saturated carbocycles. The van der Waals surface area contributed by atoms with Crippen LogP contribution in [0.3, 0.4) is 0 Å². The van der Waals surface area contributed by atoms with Gasteiger partial charge in [-0.3, -0.25) is 0 Å². The largest absolute Gasteiger partial charge is 0.309 e. The number of benzene rings is 8. The molecule has 8 aromatic carbocycles. The molecule has 3 heterocycles. The second-order valence-corrected chi connectivity index (χ2v) is 14.8. The molecule has 11 aromatic rings. The van der Waals surface area contributed by atoms with E-state index in [9.17, 15) is 0 Å². The normalized spacial score (nSPS) is 11.3. The highest BCUT2D eigenvalue weighted by Gasteiger charge is 2.20. The SMILES string of the molecule is c1ccc(-c2nc(-c3ccccc3)nc(-c3ccc(-c4nc(-c5ccccc5)nc(-c5ccccc5)n4)c(-c4ccc5c(c4)c4ccccc4n5-c4ccccc4)c3)n2)cc1. The zero-order valence-corrected chi connectivity index (χ0v) is 32.8. The van der Waals surface area contributed by atoms with E-state index < -0.39 is 0 Å². The number of fused-ring (bicyclic) bond motifs is 3. The number of aromatic nitrogens is 7. The van der Waals surface area contributed by atoms with Crippen molar-refractivity contribution in [3.63, 3.8) is 0 Å². The predicted molar refractivity (Wildman–Crippen MR) is 246 cm³/mol. The molecule has 0 aliphatic heterocycles. The molecule has 0 fully saturated rings. The van der Waals surface area contributed by atoms with Crippen LogP contribution in [0.25, 0.3) is 107 Å². The van der Waals surface area contributed by atoms with E-state index >= 15 is 0 Å². The van der Waals surface area contributed by atoms with Crippen molar-refractivity contribution < 1.29 is 0 Å². The quantitative estimate of drug-likeness (QED) is 0.153. The van der Waals surface area contributed by atoms with Crippen molar-refractivity contribution in [1.29, 1.82) is 0 Å². The summed E-state index contributed by atoms with van der Waals surface area (Å²) in [4.78, 5) is 30.5. The third-order valence-corrected chi connectivity index (χ3v) is 10.9. The topological polar surface area (TPSA) is 82.3 Å². The van der Waals surface area contributed by atoms with Crippen molar-refractivity contribution in [2.45, 2.75) is 0 Å². The molecule has 0 aliphatic rings. The van der Waals surface area contributed by atoms with Crippen LogP contribution in [0.1, 0.15) is 0 Å². The van der Waals surface area contributed by atoms with Crippen molar-refractivity contribution in [2.75, 3.05) is 0 Å². The molecule has 0 atom stereocenters. The Morgan fingerprint density at radius 3 is 1.15 bits per heavy atom. The van der Waals surface area contributed by atoms with Gasteiger partial charge in [0.1, 0.15) is 0 Å². The maximum absolute atomic E-state index is 5.18. The molecule has 0 saturated heterocycles. The highest BCUT2D eigenvalue weighted by molar-refractivity contribution is 6.11. The van der Waals surface area contributed by atoms with E-state index in [0.717, 1.165) is 72.0 Å². The lowest BCUT2D eigenvalue weighted by molar-refractivity contribution is 1.07. The summed E-state index contributed by atoms with van der Waals surface area (Å²) in [6, 6.07) is 72.4. The van der Waals surface area contributed by atoms with Crippen molar-refractivity contribution in [1.82, 2.24) is 34.5 Å². The molecule has 0 radical (unpaired) electrons. The first-order valence-electron chi connectivity index (χ1n) is 20.2. The van der Waals surface area contributed by atoms with E-state index in [1.165, 1.54) is 0 Å². The van der Waals surface area contributed by atoms with E-state index in [2.05, 4.69) is 95.6 Å². The van der Waals surface area contributed by atoms with Gasteiger partial charge in [0.15, 0.2) is 34.9 Å². The second-order valence-electron chi connectivity index (χ2n) is 14.8. The molecule has 0 aliphatic carbocycles. The Kier molecular flexibility index (Phi) is 9.02. The van der Waals surface area contributed by atoms with Crippen molar-refractivity contribution in [3.8, 4) is 85.1 Å². The minimum atomic E-state index is 0.562. The van der Waals surface area contributed by atoms with Gasteiger partial charge in [-0.05, 0) is 53.6 Å². The van der Waals surface area contributed by atoms with E-state index in [1.54, 1.807) is 0 Å². The van der Waals surface area contributed by atoms with E-state index in [4.69, 9.17) is 29.9 Å². The summed E-state index contributed by atoms with van der Waals surface area (Å²) in [6.45, 7) is 0. The smallest absolute Gasteiger partial charge is 0.164 e. The van der Waals surface area contributed by atoms with E-state index in [0.29, 0.717) is 34.9 Å². The van der Waals surface area contributed by atoms with Crippen molar-refractivity contribution in [3.05, 3.63) is 212 Å². The number of hydrogen-bond acceptors (Lipinski definition) is 6. The monoisotopic (exact) mass is 781 g/mol. The van der Waals surface area contributed by atoms with Crippen LogP contribution < -0.4 is 0 Å². The average Bonchev–Trinajstić information content (AvgIpc) is 3.68. The van der Waals surface area contributed by atoms with Gasteiger partial charge < -0.3 is 4.57 Å². The van der Waals surface area contributed by atoms with Crippen LogP contribution >= 0.6 is 0 Å². The fourth-order valence-corrected chi connectivity index (χ4v) is 7.98. The fraction of sp³-hybridized carbons (Fsp3) is 0. The van der Waals surface area contributed by atoms with Crippen LogP contribution in [-0.4, -0.2) is 34.5 Å². The number of rotatable bonds is 8. The first kappa shape index (κ1) is 35.7. The Labute approximate surface area is 352 Å². The van der Waals surface area contributed by atoms with Crippen LogP contribution in [-0.2, 0) is 0 Å². The van der Waals surface area contributed by atoms with Gasteiger partial charge >= 0.3 is 0 Å². The van der Waals surface area contributed by atoms with Gasteiger partial charge in [0.2, 0.25) is 0 Å². The summed E-state index contributed by atoms with van der Waals surface area (Å²) in [6.07, 6.45) is 0. The van der Waals surface area contributed by atoms with Crippen molar-refractivity contribution in [2.24, 2.45) is 0 Å². The molecule has 7 heteroatoms. The molecule has 0 unspecified atom stereocenters.